The van der Waals surface area contributed by atoms with E-state index in [-0.39, 0.29) is 11.3 Å². The summed E-state index contributed by atoms with van der Waals surface area (Å²) in [6, 6.07) is 2.93. The zero-order valence-corrected chi connectivity index (χ0v) is 10.8. The van der Waals surface area contributed by atoms with Gasteiger partial charge in [0.15, 0.2) is 0 Å². The molecule has 1 aromatic heterocycles. The molecule has 0 aromatic carbocycles. The lowest BCUT2D eigenvalue weighted by atomic mass is 10.3. The topological polar surface area (TPSA) is 76.6 Å². The van der Waals surface area contributed by atoms with Gasteiger partial charge in [-0.3, -0.25) is 9.78 Å². The van der Waals surface area contributed by atoms with Crippen LogP contribution in [0.25, 0.3) is 0 Å². The monoisotopic (exact) mass is 270 g/mol. The Morgan fingerprint density at radius 1 is 1.56 bits per heavy atom. The van der Waals surface area contributed by atoms with Gasteiger partial charge in [0, 0.05) is 31.8 Å². The highest BCUT2D eigenvalue weighted by Crippen LogP contribution is 2.27. The largest absolute Gasteiger partial charge is 0.357 e. The molecule has 6 nitrogen and oxygen atoms in total. The lowest BCUT2D eigenvalue weighted by molar-refractivity contribution is -0.128. The number of hydrogen-bond donors (Lipinski definition) is 0. The van der Waals surface area contributed by atoms with Crippen molar-refractivity contribution in [2.24, 2.45) is 0 Å². The Balaban J connectivity index is 2.37. The van der Waals surface area contributed by atoms with Crippen molar-refractivity contribution >= 4 is 15.9 Å². The van der Waals surface area contributed by atoms with E-state index in [0.717, 1.165) is 4.31 Å². The van der Waals surface area contributed by atoms with Crippen LogP contribution in [0, 0.1) is 0 Å². The Bertz CT molecular complexity index is 529. The van der Waals surface area contributed by atoms with Gasteiger partial charge in [-0.05, 0) is 19.1 Å². The van der Waals surface area contributed by atoms with Crippen LogP contribution in [0.4, 0.5) is 0 Å². The molecule has 0 bridgehead atoms. The Kier molecular flexibility index (Phi) is 3.63. The highest BCUT2D eigenvalue weighted by atomic mass is 32.2. The molecule has 1 fully saturated rings. The molecule has 0 radical (unpaired) electrons. The number of nitrogens with zero attached hydrogens (tertiary/aromatic N) is 2. The first-order valence-electron chi connectivity index (χ1n) is 5.66. The molecule has 98 valence electrons. The van der Waals surface area contributed by atoms with E-state index in [0.29, 0.717) is 13.0 Å². The molecule has 1 aliphatic heterocycles. The highest BCUT2D eigenvalue weighted by Gasteiger charge is 2.41. The normalized spacial score (nSPS) is 20.4. The molecule has 0 unspecified atom stereocenters. The van der Waals surface area contributed by atoms with Gasteiger partial charge in [-0.25, -0.2) is 12.7 Å². The second kappa shape index (κ2) is 5.03. The van der Waals surface area contributed by atoms with Crippen LogP contribution in [-0.4, -0.2) is 36.4 Å². The number of sulfonamides is 1. The minimum atomic E-state index is -3.86. The smallest absolute Gasteiger partial charge is 0.270 e. The third-order valence-corrected chi connectivity index (χ3v) is 4.46. The van der Waals surface area contributed by atoms with Crippen molar-refractivity contribution in [3.05, 3.63) is 24.5 Å². The molecule has 7 heteroatoms. The Labute approximate surface area is 106 Å². The van der Waals surface area contributed by atoms with Gasteiger partial charge < -0.3 is 4.74 Å². The second-order valence-corrected chi connectivity index (χ2v) is 5.65. The summed E-state index contributed by atoms with van der Waals surface area (Å²) < 4.78 is 30.8. The van der Waals surface area contributed by atoms with Crippen LogP contribution in [0.2, 0.25) is 0 Å². The van der Waals surface area contributed by atoms with Gasteiger partial charge in [-0.2, -0.15) is 0 Å². The van der Waals surface area contributed by atoms with E-state index in [1.807, 2.05) is 0 Å². The summed E-state index contributed by atoms with van der Waals surface area (Å²) in [5.41, 5.74) is 0. The van der Waals surface area contributed by atoms with Crippen LogP contribution >= 0.6 is 0 Å². The van der Waals surface area contributed by atoms with Gasteiger partial charge in [0.2, 0.25) is 5.91 Å². The number of carbonyl (C=O) groups excluding carboxylic acids is 1. The van der Waals surface area contributed by atoms with Crippen LogP contribution in [0.15, 0.2) is 29.4 Å². The first-order valence-corrected chi connectivity index (χ1v) is 7.10. The second-order valence-electron chi connectivity index (χ2n) is 3.83. The molecule has 1 amide bonds. The fourth-order valence-corrected chi connectivity index (χ4v) is 3.39. The predicted octanol–water partition coefficient (Wildman–Crippen LogP) is 0.755. The lowest BCUT2D eigenvalue weighted by Crippen LogP contribution is -2.40. The lowest BCUT2D eigenvalue weighted by Gasteiger charge is -2.23. The van der Waals surface area contributed by atoms with Crippen LogP contribution in [0.3, 0.4) is 0 Å². The van der Waals surface area contributed by atoms with E-state index in [1.54, 1.807) is 6.92 Å². The Morgan fingerprint density at radius 3 is 2.94 bits per heavy atom. The third-order valence-electron chi connectivity index (χ3n) is 2.66. The highest BCUT2D eigenvalue weighted by molar-refractivity contribution is 7.89. The average Bonchev–Trinajstić information content (AvgIpc) is 2.73. The van der Waals surface area contributed by atoms with Crippen LogP contribution < -0.4 is 0 Å². The van der Waals surface area contributed by atoms with E-state index >= 15 is 0 Å². The van der Waals surface area contributed by atoms with Crippen molar-refractivity contribution < 1.29 is 17.9 Å². The SMILES string of the molecule is CCO[C@H]1CCC(=O)N1S(=O)(=O)c1cccnc1. The van der Waals surface area contributed by atoms with Crippen molar-refractivity contribution in [1.29, 1.82) is 0 Å². The number of hydrogen-bond acceptors (Lipinski definition) is 5. The summed E-state index contributed by atoms with van der Waals surface area (Å²) in [5.74, 6) is -0.433. The maximum atomic E-state index is 12.3. The molecule has 18 heavy (non-hydrogen) atoms. The summed E-state index contributed by atoms with van der Waals surface area (Å²) in [6.07, 6.45) is 2.58. The number of aromatic nitrogens is 1. The van der Waals surface area contributed by atoms with E-state index in [2.05, 4.69) is 4.98 Å². The maximum absolute atomic E-state index is 12.3. The molecule has 0 saturated carbocycles. The van der Waals surface area contributed by atoms with Crippen molar-refractivity contribution in [2.45, 2.75) is 30.9 Å². The minimum Gasteiger partial charge on any atom is -0.357 e. The average molecular weight is 270 g/mol. The summed E-state index contributed by atoms with van der Waals surface area (Å²) >= 11 is 0. The van der Waals surface area contributed by atoms with Crippen LogP contribution in [0.5, 0.6) is 0 Å². The third kappa shape index (κ3) is 2.23. The first-order chi connectivity index (χ1) is 8.57. The van der Waals surface area contributed by atoms with Gasteiger partial charge in [-0.1, -0.05) is 0 Å². The van der Waals surface area contributed by atoms with Crippen LogP contribution in [0.1, 0.15) is 19.8 Å². The van der Waals surface area contributed by atoms with Gasteiger partial charge in [0.1, 0.15) is 11.1 Å². The maximum Gasteiger partial charge on any atom is 0.270 e. The molecule has 1 saturated heterocycles. The molecule has 0 spiro atoms. The fraction of sp³-hybridized carbons (Fsp3) is 0.455. The van der Waals surface area contributed by atoms with Gasteiger partial charge >= 0.3 is 0 Å². The summed E-state index contributed by atoms with van der Waals surface area (Å²) in [7, 11) is -3.86. The zero-order chi connectivity index (χ0) is 13.2. The van der Waals surface area contributed by atoms with Crippen molar-refractivity contribution in [3.8, 4) is 0 Å². The molecule has 2 heterocycles. The quantitative estimate of drug-likeness (QED) is 0.807. The van der Waals surface area contributed by atoms with Crippen molar-refractivity contribution in [1.82, 2.24) is 9.29 Å². The standard InChI is InChI=1S/C11H14N2O4S/c1-2-17-11-6-5-10(14)13(11)18(15,16)9-4-3-7-12-8-9/h3-4,7-8,11H,2,5-6H2,1H3/t11-/m0/s1. The first kappa shape index (κ1) is 13.0. The van der Waals surface area contributed by atoms with Gasteiger partial charge in [0.05, 0.1) is 0 Å². The molecular formula is C11H14N2O4S. The molecule has 0 N–H and O–H groups in total. The van der Waals surface area contributed by atoms with Crippen molar-refractivity contribution in [2.75, 3.05) is 6.61 Å². The number of amides is 1. The number of ether oxygens (including phenoxy) is 1. The van der Waals surface area contributed by atoms with E-state index in [9.17, 15) is 13.2 Å². The molecule has 0 aliphatic carbocycles. The van der Waals surface area contributed by atoms with E-state index in [1.165, 1.54) is 24.5 Å². The summed E-state index contributed by atoms with van der Waals surface area (Å²) in [6.45, 7) is 2.12. The molecule has 2 rings (SSSR count). The molecule has 1 atom stereocenters. The summed E-state index contributed by atoms with van der Waals surface area (Å²) in [5, 5.41) is 0. The fourth-order valence-electron chi connectivity index (χ4n) is 1.88. The molecular weight excluding hydrogens is 256 g/mol. The van der Waals surface area contributed by atoms with Gasteiger partial charge in [0.25, 0.3) is 10.0 Å². The molecule has 1 aliphatic rings. The van der Waals surface area contributed by atoms with E-state index in [4.69, 9.17) is 4.74 Å². The number of rotatable bonds is 4. The zero-order valence-electron chi connectivity index (χ0n) is 9.94. The molecule has 1 aromatic rings. The Morgan fingerprint density at radius 2 is 2.33 bits per heavy atom. The number of carbonyl (C=O) groups is 1. The van der Waals surface area contributed by atoms with Gasteiger partial charge in [-0.15, -0.1) is 0 Å². The minimum absolute atomic E-state index is 0.00459. The Hall–Kier alpha value is -1.47. The van der Waals surface area contributed by atoms with Crippen LogP contribution in [-0.2, 0) is 19.6 Å². The summed E-state index contributed by atoms with van der Waals surface area (Å²) in [4.78, 5) is 15.5. The van der Waals surface area contributed by atoms with Crippen molar-refractivity contribution in [3.63, 3.8) is 0 Å². The number of pyridine rings is 1. The predicted molar refractivity (Wildman–Crippen MR) is 62.9 cm³/mol. The van der Waals surface area contributed by atoms with E-state index < -0.39 is 22.2 Å².